The first-order valence-electron chi connectivity index (χ1n) is 9.96. The van der Waals surface area contributed by atoms with Crippen LogP contribution < -0.4 is 0 Å². The number of ether oxygens (including phenoxy) is 1. The third-order valence-corrected chi connectivity index (χ3v) is 7.27. The largest absolute Gasteiger partial charge is 0.376 e. The first-order chi connectivity index (χ1) is 13.7. The minimum Gasteiger partial charge on any atom is -0.376 e. The van der Waals surface area contributed by atoms with Gasteiger partial charge in [0.25, 0.3) is 5.91 Å². The number of hydrogen-bond acceptors (Lipinski definition) is 5. The van der Waals surface area contributed by atoms with Gasteiger partial charge in [-0.15, -0.1) is 22.7 Å². The van der Waals surface area contributed by atoms with Crippen molar-refractivity contribution in [3.63, 3.8) is 0 Å². The highest BCUT2D eigenvalue weighted by Gasteiger charge is 2.32. The average molecular weight is 419 g/mol. The summed E-state index contributed by atoms with van der Waals surface area (Å²) in [5.74, 6) is 0.302. The number of carbonyl (C=O) groups excluding carboxylic acids is 2. The Morgan fingerprint density at radius 2 is 1.89 bits per heavy atom. The highest BCUT2D eigenvalue weighted by atomic mass is 32.1. The molecule has 0 radical (unpaired) electrons. The van der Waals surface area contributed by atoms with E-state index in [-0.39, 0.29) is 23.8 Å². The van der Waals surface area contributed by atoms with Crippen LogP contribution in [0.3, 0.4) is 0 Å². The van der Waals surface area contributed by atoms with Gasteiger partial charge in [-0.3, -0.25) is 9.59 Å². The van der Waals surface area contributed by atoms with Gasteiger partial charge in [-0.1, -0.05) is 12.1 Å². The molecule has 2 aromatic rings. The van der Waals surface area contributed by atoms with Crippen molar-refractivity contribution in [1.82, 2.24) is 9.80 Å². The Morgan fingerprint density at radius 3 is 2.54 bits per heavy atom. The van der Waals surface area contributed by atoms with Crippen LogP contribution in [0.4, 0.5) is 0 Å². The molecule has 0 bridgehead atoms. The van der Waals surface area contributed by atoms with Crippen LogP contribution in [0.5, 0.6) is 0 Å². The van der Waals surface area contributed by atoms with E-state index >= 15 is 0 Å². The van der Waals surface area contributed by atoms with E-state index in [1.165, 1.54) is 16.2 Å². The number of rotatable bonds is 6. The number of likely N-dealkylation sites (tertiary alicyclic amines) is 1. The molecule has 2 saturated heterocycles. The SMILES string of the molecule is O=C(c1cccs1)N1CCC(C(=O)N(Cc2cccs2)CC2CCCO2)CC1. The quantitative estimate of drug-likeness (QED) is 0.716. The van der Waals surface area contributed by atoms with Crippen LogP contribution >= 0.6 is 22.7 Å². The summed E-state index contributed by atoms with van der Waals surface area (Å²) < 4.78 is 5.79. The number of nitrogens with zero attached hydrogens (tertiary/aromatic N) is 2. The molecule has 2 aromatic heterocycles. The molecule has 0 saturated carbocycles. The zero-order chi connectivity index (χ0) is 19.3. The fourth-order valence-electron chi connectivity index (χ4n) is 4.00. The van der Waals surface area contributed by atoms with E-state index in [4.69, 9.17) is 4.74 Å². The summed E-state index contributed by atoms with van der Waals surface area (Å²) in [6.07, 6.45) is 3.74. The Kier molecular flexibility index (Phi) is 6.44. The monoisotopic (exact) mass is 418 g/mol. The molecule has 28 heavy (non-hydrogen) atoms. The zero-order valence-corrected chi connectivity index (χ0v) is 17.6. The van der Waals surface area contributed by atoms with Crippen molar-refractivity contribution in [3.05, 3.63) is 44.8 Å². The van der Waals surface area contributed by atoms with Gasteiger partial charge >= 0.3 is 0 Å². The summed E-state index contributed by atoms with van der Waals surface area (Å²) in [6, 6.07) is 7.89. The molecule has 4 rings (SSSR count). The summed E-state index contributed by atoms with van der Waals surface area (Å²) in [5.41, 5.74) is 0. The average Bonchev–Trinajstić information content (AvgIpc) is 3.50. The first kappa shape index (κ1) is 19.6. The molecular weight excluding hydrogens is 392 g/mol. The lowest BCUT2D eigenvalue weighted by Crippen LogP contribution is -2.45. The fourth-order valence-corrected chi connectivity index (χ4v) is 5.41. The third kappa shape index (κ3) is 4.64. The Hall–Kier alpha value is -1.70. The minimum absolute atomic E-state index is 0.00579. The molecule has 2 fully saturated rings. The van der Waals surface area contributed by atoms with Gasteiger partial charge in [-0.25, -0.2) is 0 Å². The van der Waals surface area contributed by atoms with Gasteiger partial charge in [-0.2, -0.15) is 0 Å². The summed E-state index contributed by atoms with van der Waals surface area (Å²) in [4.78, 5) is 31.7. The van der Waals surface area contributed by atoms with E-state index in [0.29, 0.717) is 26.2 Å². The predicted molar refractivity (Wildman–Crippen MR) is 112 cm³/mol. The van der Waals surface area contributed by atoms with Crippen molar-refractivity contribution in [2.24, 2.45) is 5.92 Å². The molecule has 0 aliphatic carbocycles. The van der Waals surface area contributed by atoms with Crippen molar-refractivity contribution >= 4 is 34.5 Å². The predicted octanol–water partition coefficient (Wildman–Crippen LogP) is 3.87. The molecule has 7 heteroatoms. The maximum absolute atomic E-state index is 13.3. The molecule has 150 valence electrons. The summed E-state index contributed by atoms with van der Waals surface area (Å²) >= 11 is 3.17. The van der Waals surface area contributed by atoms with Crippen LogP contribution in [0, 0.1) is 5.92 Å². The van der Waals surface area contributed by atoms with Gasteiger partial charge in [0.15, 0.2) is 0 Å². The third-order valence-electron chi connectivity index (χ3n) is 5.55. The van der Waals surface area contributed by atoms with E-state index in [0.717, 1.165) is 37.2 Å². The lowest BCUT2D eigenvalue weighted by atomic mass is 9.94. The van der Waals surface area contributed by atoms with Gasteiger partial charge in [0, 0.05) is 37.0 Å². The second-order valence-corrected chi connectivity index (χ2v) is 9.46. The molecule has 0 N–H and O–H groups in total. The lowest BCUT2D eigenvalue weighted by molar-refractivity contribution is -0.139. The summed E-state index contributed by atoms with van der Waals surface area (Å²) in [6.45, 7) is 3.44. The molecule has 2 aliphatic rings. The van der Waals surface area contributed by atoms with Crippen LogP contribution in [0.25, 0.3) is 0 Å². The Labute approximate surface area is 173 Å². The van der Waals surface area contributed by atoms with Crippen LogP contribution in [0.2, 0.25) is 0 Å². The van der Waals surface area contributed by atoms with E-state index in [1.54, 1.807) is 11.3 Å². The minimum atomic E-state index is -0.00579. The lowest BCUT2D eigenvalue weighted by Gasteiger charge is -2.34. The number of hydrogen-bond donors (Lipinski definition) is 0. The van der Waals surface area contributed by atoms with Crippen molar-refractivity contribution in [3.8, 4) is 0 Å². The Bertz CT molecular complexity index is 762. The van der Waals surface area contributed by atoms with Gasteiger partial charge in [-0.05, 0) is 48.6 Å². The number of carbonyl (C=O) groups is 2. The number of thiophene rings is 2. The first-order valence-corrected chi connectivity index (χ1v) is 11.7. The topological polar surface area (TPSA) is 49.9 Å². The molecule has 1 unspecified atom stereocenters. The van der Waals surface area contributed by atoms with Crippen LogP contribution in [-0.2, 0) is 16.1 Å². The van der Waals surface area contributed by atoms with E-state index < -0.39 is 0 Å². The summed E-state index contributed by atoms with van der Waals surface area (Å²) in [5, 5.41) is 3.98. The number of piperidine rings is 1. The van der Waals surface area contributed by atoms with E-state index in [9.17, 15) is 9.59 Å². The normalized spacial score (nSPS) is 20.4. The second kappa shape index (κ2) is 9.20. The van der Waals surface area contributed by atoms with Gasteiger partial charge in [0.1, 0.15) is 0 Å². The molecule has 5 nitrogen and oxygen atoms in total. The van der Waals surface area contributed by atoms with Crippen molar-refractivity contribution in [2.75, 3.05) is 26.2 Å². The standard InChI is InChI=1S/C21H26N2O3S2/c24-20(16-7-9-22(10-8-16)21(25)19-6-3-13-28-19)23(14-17-4-1-11-26-17)15-18-5-2-12-27-18/h2-3,5-6,12-13,16-17H,1,4,7-11,14-15H2. The second-order valence-electron chi connectivity index (χ2n) is 7.48. The van der Waals surface area contributed by atoms with Gasteiger partial charge in [0.2, 0.25) is 5.91 Å². The fraction of sp³-hybridized carbons (Fsp3) is 0.524. The van der Waals surface area contributed by atoms with E-state index in [1.807, 2.05) is 33.4 Å². The molecule has 4 heterocycles. The highest BCUT2D eigenvalue weighted by Crippen LogP contribution is 2.25. The molecule has 0 aromatic carbocycles. The maximum atomic E-state index is 13.3. The van der Waals surface area contributed by atoms with Crippen molar-refractivity contribution in [1.29, 1.82) is 0 Å². The maximum Gasteiger partial charge on any atom is 0.263 e. The molecule has 2 amide bonds. The van der Waals surface area contributed by atoms with Crippen LogP contribution in [-0.4, -0.2) is 54.0 Å². The van der Waals surface area contributed by atoms with Gasteiger partial charge < -0.3 is 14.5 Å². The smallest absolute Gasteiger partial charge is 0.263 e. The van der Waals surface area contributed by atoms with Crippen LogP contribution in [0.1, 0.15) is 40.2 Å². The zero-order valence-electron chi connectivity index (χ0n) is 15.9. The van der Waals surface area contributed by atoms with Gasteiger partial charge in [0.05, 0.1) is 17.5 Å². The number of amides is 2. The summed E-state index contributed by atoms with van der Waals surface area (Å²) in [7, 11) is 0. The van der Waals surface area contributed by atoms with E-state index in [2.05, 4.69) is 11.4 Å². The molecule has 1 atom stereocenters. The highest BCUT2D eigenvalue weighted by molar-refractivity contribution is 7.12. The Balaban J connectivity index is 1.37. The molecule has 2 aliphatic heterocycles. The van der Waals surface area contributed by atoms with Crippen molar-refractivity contribution < 1.29 is 14.3 Å². The van der Waals surface area contributed by atoms with Crippen LogP contribution in [0.15, 0.2) is 35.0 Å². The van der Waals surface area contributed by atoms with Crippen molar-refractivity contribution in [2.45, 2.75) is 38.3 Å². The Morgan fingerprint density at radius 1 is 1.11 bits per heavy atom. The molecular formula is C21H26N2O3S2. The molecule has 0 spiro atoms.